The zero-order valence-electron chi connectivity index (χ0n) is 20.4. The molecule has 0 atom stereocenters. The predicted octanol–water partition coefficient (Wildman–Crippen LogP) is 5.44. The predicted molar refractivity (Wildman–Crippen MR) is 145 cm³/mol. The van der Waals surface area contributed by atoms with E-state index >= 15 is 0 Å². The smallest absolute Gasteiger partial charge is 0.282 e. The van der Waals surface area contributed by atoms with E-state index in [1.165, 1.54) is 23.9 Å². The molecule has 1 heterocycles. The molecule has 0 saturated carbocycles. The van der Waals surface area contributed by atoms with Crippen molar-refractivity contribution in [2.45, 2.75) is 6.61 Å². The van der Waals surface area contributed by atoms with Gasteiger partial charge in [0.2, 0.25) is 0 Å². The fourth-order valence-corrected chi connectivity index (χ4v) is 3.89. The van der Waals surface area contributed by atoms with Gasteiger partial charge in [-0.05, 0) is 53.6 Å². The zero-order chi connectivity index (χ0) is 26.5. The number of methoxy groups -OCH3 is 1. The van der Waals surface area contributed by atoms with Gasteiger partial charge in [-0.2, -0.15) is 9.78 Å². The van der Waals surface area contributed by atoms with Crippen LogP contribution in [0, 0.1) is 10.1 Å². The molecule has 1 aromatic heterocycles. The van der Waals surface area contributed by atoms with Crippen molar-refractivity contribution in [2.24, 2.45) is 5.10 Å². The minimum Gasteiger partial charge on any atom is -0.493 e. The highest BCUT2D eigenvalue weighted by Crippen LogP contribution is 2.29. The molecule has 9 nitrogen and oxygen atoms in total. The van der Waals surface area contributed by atoms with E-state index in [9.17, 15) is 14.9 Å². The fraction of sp³-hybridized carbons (Fsp3) is 0.0690. The van der Waals surface area contributed by atoms with E-state index in [2.05, 4.69) is 5.10 Å². The number of fused-ring (bicyclic) bond motifs is 1. The number of hydrogen-bond donors (Lipinski definition) is 0. The van der Waals surface area contributed by atoms with Gasteiger partial charge in [0.15, 0.2) is 17.3 Å². The van der Waals surface area contributed by atoms with Crippen LogP contribution in [-0.4, -0.2) is 27.9 Å². The van der Waals surface area contributed by atoms with Crippen LogP contribution in [0.5, 0.6) is 11.5 Å². The summed E-state index contributed by atoms with van der Waals surface area (Å²) < 4.78 is 12.7. The van der Waals surface area contributed by atoms with Gasteiger partial charge in [0, 0.05) is 17.7 Å². The largest absolute Gasteiger partial charge is 0.493 e. The maximum absolute atomic E-state index is 13.3. The first-order valence-corrected chi connectivity index (χ1v) is 11.7. The average molecular weight is 507 g/mol. The number of ether oxygens (including phenoxy) is 2. The van der Waals surface area contributed by atoms with Crippen LogP contribution in [0.15, 0.2) is 107 Å². The third-order valence-electron chi connectivity index (χ3n) is 5.84. The molecule has 0 radical (unpaired) electrons. The van der Waals surface area contributed by atoms with E-state index < -0.39 is 4.92 Å². The van der Waals surface area contributed by atoms with Gasteiger partial charge >= 0.3 is 0 Å². The lowest BCUT2D eigenvalue weighted by molar-refractivity contribution is -0.384. The molecule has 5 rings (SSSR count). The molecule has 188 valence electrons. The Bertz CT molecular complexity index is 1700. The number of hydrogen-bond acceptors (Lipinski definition) is 7. The van der Waals surface area contributed by atoms with Crippen LogP contribution in [0.4, 0.5) is 5.69 Å². The SMILES string of the molecule is COc1cc(C=Nn2c(-c3ccccc3)nc3ccccc3c2=O)ccc1OCc1ccc([N+](=O)[O-])cc1. The third-order valence-corrected chi connectivity index (χ3v) is 5.84. The van der Waals surface area contributed by atoms with Crippen LogP contribution < -0.4 is 15.0 Å². The highest BCUT2D eigenvalue weighted by atomic mass is 16.6. The van der Waals surface area contributed by atoms with Gasteiger partial charge in [-0.3, -0.25) is 14.9 Å². The van der Waals surface area contributed by atoms with Gasteiger partial charge in [-0.25, -0.2) is 4.98 Å². The van der Waals surface area contributed by atoms with E-state index in [0.717, 1.165) is 11.1 Å². The lowest BCUT2D eigenvalue weighted by atomic mass is 10.2. The topological polar surface area (TPSA) is 109 Å². The van der Waals surface area contributed by atoms with Crippen molar-refractivity contribution in [3.63, 3.8) is 0 Å². The number of benzene rings is 4. The highest BCUT2D eigenvalue weighted by Gasteiger charge is 2.12. The second kappa shape index (κ2) is 10.8. The lowest BCUT2D eigenvalue weighted by Gasteiger charge is -2.12. The van der Waals surface area contributed by atoms with E-state index in [1.54, 1.807) is 54.7 Å². The number of aromatic nitrogens is 2. The summed E-state index contributed by atoms with van der Waals surface area (Å²) in [4.78, 5) is 28.4. The summed E-state index contributed by atoms with van der Waals surface area (Å²) in [7, 11) is 1.53. The van der Waals surface area contributed by atoms with Crippen LogP contribution in [0.25, 0.3) is 22.3 Å². The Labute approximate surface area is 217 Å². The number of non-ortho nitro benzene ring substituents is 1. The summed E-state index contributed by atoms with van der Waals surface area (Å²) in [6, 6.07) is 28.0. The fourth-order valence-electron chi connectivity index (χ4n) is 3.89. The zero-order valence-corrected chi connectivity index (χ0v) is 20.4. The Morgan fingerprint density at radius 2 is 1.68 bits per heavy atom. The number of nitro groups is 1. The van der Waals surface area contributed by atoms with Gasteiger partial charge in [0.05, 0.1) is 29.2 Å². The van der Waals surface area contributed by atoms with Crippen LogP contribution in [0.2, 0.25) is 0 Å². The molecule has 0 unspecified atom stereocenters. The normalized spacial score (nSPS) is 11.1. The van der Waals surface area contributed by atoms with Gasteiger partial charge < -0.3 is 9.47 Å². The Morgan fingerprint density at radius 3 is 2.42 bits per heavy atom. The number of nitrogens with zero attached hydrogens (tertiary/aromatic N) is 4. The van der Waals surface area contributed by atoms with E-state index in [4.69, 9.17) is 14.5 Å². The van der Waals surface area contributed by atoms with E-state index in [0.29, 0.717) is 33.8 Å². The first-order valence-electron chi connectivity index (χ1n) is 11.7. The van der Waals surface area contributed by atoms with Crippen LogP contribution >= 0.6 is 0 Å². The molecule has 9 heteroatoms. The minimum atomic E-state index is -0.446. The molecule has 38 heavy (non-hydrogen) atoms. The van der Waals surface area contributed by atoms with Crippen molar-refractivity contribution in [1.82, 2.24) is 9.66 Å². The molecule has 0 aliphatic heterocycles. The maximum atomic E-state index is 13.3. The molecule has 0 N–H and O–H groups in total. The molecule has 0 spiro atoms. The summed E-state index contributed by atoms with van der Waals surface area (Å²) in [5.41, 5.74) is 2.56. The molecule has 0 bridgehead atoms. The van der Waals surface area contributed by atoms with Crippen LogP contribution in [0.1, 0.15) is 11.1 Å². The van der Waals surface area contributed by atoms with E-state index in [-0.39, 0.29) is 17.9 Å². The quantitative estimate of drug-likeness (QED) is 0.157. The Kier molecular flexibility index (Phi) is 6.90. The number of para-hydroxylation sites is 1. The second-order valence-corrected chi connectivity index (χ2v) is 8.30. The summed E-state index contributed by atoms with van der Waals surface area (Å²) in [6.07, 6.45) is 1.56. The lowest BCUT2D eigenvalue weighted by Crippen LogP contribution is -2.20. The molecule has 4 aromatic carbocycles. The number of rotatable bonds is 8. The van der Waals surface area contributed by atoms with Gasteiger partial charge in [0.1, 0.15) is 6.61 Å². The molecular weight excluding hydrogens is 484 g/mol. The molecule has 0 aliphatic rings. The summed E-state index contributed by atoms with van der Waals surface area (Å²) in [5.74, 6) is 1.40. The highest BCUT2D eigenvalue weighted by molar-refractivity contribution is 5.82. The standard InChI is InChI=1S/C29H22N4O5/c1-37-27-17-21(13-16-26(27)38-19-20-11-14-23(15-12-20)33(35)36)18-30-32-28(22-7-3-2-4-8-22)31-25-10-6-5-9-24(25)29(32)34/h2-18H,19H2,1H3. The van der Waals surface area contributed by atoms with Crippen molar-refractivity contribution >= 4 is 22.8 Å². The molecule has 0 saturated heterocycles. The molecule has 5 aromatic rings. The Hall–Kier alpha value is -5.31. The third kappa shape index (κ3) is 5.12. The van der Waals surface area contributed by atoms with Crippen LogP contribution in [-0.2, 0) is 6.61 Å². The number of nitro benzene ring substituents is 1. The van der Waals surface area contributed by atoms with Gasteiger partial charge in [-0.1, -0.05) is 42.5 Å². The summed E-state index contributed by atoms with van der Waals surface area (Å²) in [5, 5.41) is 15.8. The second-order valence-electron chi connectivity index (χ2n) is 8.30. The minimum absolute atomic E-state index is 0.0195. The van der Waals surface area contributed by atoms with Crippen molar-refractivity contribution in [3.05, 3.63) is 129 Å². The van der Waals surface area contributed by atoms with Gasteiger partial charge in [0.25, 0.3) is 11.2 Å². The molecule has 0 amide bonds. The summed E-state index contributed by atoms with van der Waals surface area (Å²) >= 11 is 0. The van der Waals surface area contributed by atoms with Crippen molar-refractivity contribution < 1.29 is 14.4 Å². The Morgan fingerprint density at radius 1 is 0.947 bits per heavy atom. The van der Waals surface area contributed by atoms with Crippen molar-refractivity contribution in [3.8, 4) is 22.9 Å². The summed E-state index contributed by atoms with van der Waals surface area (Å²) in [6.45, 7) is 0.209. The first kappa shape index (κ1) is 24.4. The molecule has 0 fully saturated rings. The first-order chi connectivity index (χ1) is 18.5. The van der Waals surface area contributed by atoms with Crippen LogP contribution in [0.3, 0.4) is 0 Å². The van der Waals surface area contributed by atoms with E-state index in [1.807, 2.05) is 36.4 Å². The average Bonchev–Trinajstić information content (AvgIpc) is 2.96. The maximum Gasteiger partial charge on any atom is 0.282 e. The van der Waals surface area contributed by atoms with Crippen molar-refractivity contribution in [1.29, 1.82) is 0 Å². The molecule has 0 aliphatic carbocycles. The monoisotopic (exact) mass is 506 g/mol. The van der Waals surface area contributed by atoms with Crippen molar-refractivity contribution in [2.75, 3.05) is 7.11 Å². The van der Waals surface area contributed by atoms with Gasteiger partial charge in [-0.15, -0.1) is 0 Å². The molecular formula is C29H22N4O5. The Balaban J connectivity index is 1.43.